The average molecular weight is 230 g/mol. The molecule has 0 aliphatic rings. The Bertz CT molecular complexity index is 273. The van der Waals surface area contributed by atoms with Crippen LogP contribution in [0, 0.1) is 0 Å². The van der Waals surface area contributed by atoms with Crippen molar-refractivity contribution in [2.24, 2.45) is 0 Å². The number of ether oxygens (including phenoxy) is 1. The van der Waals surface area contributed by atoms with Gasteiger partial charge in [-0.1, -0.05) is 24.9 Å². The van der Waals surface area contributed by atoms with Crippen molar-refractivity contribution in [2.75, 3.05) is 19.0 Å². The molecule has 0 aliphatic heterocycles. The molecule has 1 aromatic heterocycles. The Kier molecular flexibility index (Phi) is 5.36. The van der Waals surface area contributed by atoms with Crippen LogP contribution in [0.2, 0.25) is 5.15 Å². The summed E-state index contributed by atoms with van der Waals surface area (Å²) in [6.45, 7) is 2.80. The molecule has 0 spiro atoms. The molecule has 84 valence electrons. The normalized spacial score (nSPS) is 12.5. The minimum atomic E-state index is 0.274. The lowest BCUT2D eigenvalue weighted by Gasteiger charge is -2.17. The average Bonchev–Trinajstić information content (AvgIpc) is 2.22. The fourth-order valence-electron chi connectivity index (χ4n) is 1.35. The van der Waals surface area contributed by atoms with Gasteiger partial charge in [-0.15, -0.1) is 10.2 Å². The van der Waals surface area contributed by atoms with Crippen LogP contribution in [0.1, 0.15) is 19.8 Å². The zero-order valence-corrected chi connectivity index (χ0v) is 9.79. The minimum Gasteiger partial charge on any atom is -0.383 e. The number of nitrogens with one attached hydrogen (secondary N) is 1. The minimum absolute atomic E-state index is 0.274. The molecule has 1 N–H and O–H groups in total. The molecule has 1 rings (SSSR count). The van der Waals surface area contributed by atoms with E-state index >= 15 is 0 Å². The zero-order valence-electron chi connectivity index (χ0n) is 9.03. The molecule has 1 heterocycles. The summed E-state index contributed by atoms with van der Waals surface area (Å²) in [7, 11) is 1.69. The largest absolute Gasteiger partial charge is 0.383 e. The van der Waals surface area contributed by atoms with Crippen molar-refractivity contribution < 1.29 is 4.74 Å². The van der Waals surface area contributed by atoms with E-state index in [1.54, 1.807) is 13.2 Å². The topological polar surface area (TPSA) is 47.0 Å². The molecule has 15 heavy (non-hydrogen) atoms. The Morgan fingerprint density at radius 3 is 2.80 bits per heavy atom. The lowest BCUT2D eigenvalue weighted by molar-refractivity contribution is 0.182. The van der Waals surface area contributed by atoms with Gasteiger partial charge in [-0.3, -0.25) is 0 Å². The Morgan fingerprint density at radius 2 is 2.27 bits per heavy atom. The van der Waals surface area contributed by atoms with Crippen LogP contribution in [0.4, 0.5) is 5.82 Å². The summed E-state index contributed by atoms with van der Waals surface area (Å²) in [5.41, 5.74) is 0. The van der Waals surface area contributed by atoms with Crippen LogP contribution in [-0.4, -0.2) is 30.0 Å². The van der Waals surface area contributed by atoms with Crippen LogP contribution in [0.15, 0.2) is 12.1 Å². The van der Waals surface area contributed by atoms with E-state index < -0.39 is 0 Å². The van der Waals surface area contributed by atoms with E-state index in [1.807, 2.05) is 6.07 Å². The molecular weight excluding hydrogens is 214 g/mol. The van der Waals surface area contributed by atoms with Crippen molar-refractivity contribution in [2.45, 2.75) is 25.8 Å². The number of rotatable bonds is 6. The first kappa shape index (κ1) is 12.2. The van der Waals surface area contributed by atoms with Crippen molar-refractivity contribution >= 4 is 17.4 Å². The first-order chi connectivity index (χ1) is 7.26. The first-order valence-electron chi connectivity index (χ1n) is 5.01. The van der Waals surface area contributed by atoms with E-state index in [0.717, 1.165) is 18.7 Å². The maximum atomic E-state index is 5.64. The van der Waals surface area contributed by atoms with Gasteiger partial charge >= 0.3 is 0 Å². The molecular formula is C10H16ClN3O. The predicted molar refractivity (Wildman–Crippen MR) is 61.2 cm³/mol. The van der Waals surface area contributed by atoms with E-state index in [4.69, 9.17) is 16.3 Å². The molecule has 1 aromatic rings. The van der Waals surface area contributed by atoms with Crippen LogP contribution in [0.3, 0.4) is 0 Å². The van der Waals surface area contributed by atoms with E-state index in [2.05, 4.69) is 22.4 Å². The van der Waals surface area contributed by atoms with E-state index in [0.29, 0.717) is 11.8 Å². The lowest BCUT2D eigenvalue weighted by Crippen LogP contribution is -2.25. The Balaban J connectivity index is 2.53. The summed E-state index contributed by atoms with van der Waals surface area (Å²) in [6.07, 6.45) is 2.14. The number of methoxy groups -OCH3 is 1. The van der Waals surface area contributed by atoms with Gasteiger partial charge in [0.05, 0.1) is 12.6 Å². The molecule has 0 saturated heterocycles. The lowest BCUT2D eigenvalue weighted by atomic mass is 10.2. The second-order valence-corrected chi connectivity index (χ2v) is 3.71. The highest BCUT2D eigenvalue weighted by molar-refractivity contribution is 6.29. The zero-order chi connectivity index (χ0) is 11.1. The van der Waals surface area contributed by atoms with Gasteiger partial charge in [0.2, 0.25) is 0 Å². The van der Waals surface area contributed by atoms with Gasteiger partial charge in [0, 0.05) is 7.11 Å². The van der Waals surface area contributed by atoms with Crippen molar-refractivity contribution in [3.05, 3.63) is 17.3 Å². The number of aromatic nitrogens is 2. The Labute approximate surface area is 95.0 Å². The third-order valence-electron chi connectivity index (χ3n) is 1.99. The number of halogens is 1. The Morgan fingerprint density at radius 1 is 1.47 bits per heavy atom. The molecule has 0 amide bonds. The van der Waals surface area contributed by atoms with E-state index in [9.17, 15) is 0 Å². The van der Waals surface area contributed by atoms with Crippen LogP contribution >= 0.6 is 11.6 Å². The van der Waals surface area contributed by atoms with Gasteiger partial charge in [0.15, 0.2) is 5.15 Å². The van der Waals surface area contributed by atoms with Crippen molar-refractivity contribution in [3.8, 4) is 0 Å². The van der Waals surface area contributed by atoms with Crippen molar-refractivity contribution in [3.63, 3.8) is 0 Å². The highest BCUT2D eigenvalue weighted by Crippen LogP contribution is 2.09. The second kappa shape index (κ2) is 6.58. The monoisotopic (exact) mass is 229 g/mol. The van der Waals surface area contributed by atoms with Crippen LogP contribution in [0.25, 0.3) is 0 Å². The van der Waals surface area contributed by atoms with Gasteiger partial charge in [-0.05, 0) is 18.6 Å². The highest BCUT2D eigenvalue weighted by atomic mass is 35.5. The summed E-state index contributed by atoms with van der Waals surface area (Å²) >= 11 is 5.64. The van der Waals surface area contributed by atoms with E-state index in [-0.39, 0.29) is 6.04 Å². The van der Waals surface area contributed by atoms with Crippen LogP contribution < -0.4 is 5.32 Å². The van der Waals surface area contributed by atoms with Crippen molar-refractivity contribution in [1.82, 2.24) is 10.2 Å². The molecule has 0 fully saturated rings. The molecule has 0 aliphatic carbocycles. The number of anilines is 1. The van der Waals surface area contributed by atoms with E-state index in [1.165, 1.54) is 0 Å². The summed E-state index contributed by atoms with van der Waals surface area (Å²) in [5.74, 6) is 0.731. The quantitative estimate of drug-likeness (QED) is 0.814. The maximum absolute atomic E-state index is 5.64. The van der Waals surface area contributed by atoms with Gasteiger partial charge in [-0.2, -0.15) is 0 Å². The third kappa shape index (κ3) is 4.44. The fraction of sp³-hybridized carbons (Fsp3) is 0.600. The SMILES string of the molecule is CCCC(COC)Nc1ccc(Cl)nn1. The maximum Gasteiger partial charge on any atom is 0.151 e. The molecule has 0 aromatic carbocycles. The molecule has 0 saturated carbocycles. The van der Waals surface area contributed by atoms with Crippen LogP contribution in [-0.2, 0) is 4.74 Å². The van der Waals surface area contributed by atoms with Gasteiger partial charge < -0.3 is 10.1 Å². The van der Waals surface area contributed by atoms with Crippen molar-refractivity contribution in [1.29, 1.82) is 0 Å². The molecule has 0 radical (unpaired) electrons. The van der Waals surface area contributed by atoms with Crippen LogP contribution in [0.5, 0.6) is 0 Å². The molecule has 0 bridgehead atoms. The molecule has 1 atom stereocenters. The molecule has 4 nitrogen and oxygen atoms in total. The number of hydrogen-bond acceptors (Lipinski definition) is 4. The molecule has 5 heteroatoms. The fourth-order valence-corrected chi connectivity index (χ4v) is 1.45. The molecule has 1 unspecified atom stereocenters. The van der Waals surface area contributed by atoms with Gasteiger partial charge in [0.25, 0.3) is 0 Å². The summed E-state index contributed by atoms with van der Waals surface area (Å²) in [5, 5.41) is 11.4. The summed E-state index contributed by atoms with van der Waals surface area (Å²) in [4.78, 5) is 0. The predicted octanol–water partition coefficient (Wildman–Crippen LogP) is 2.36. The Hall–Kier alpha value is -0.870. The standard InChI is InChI=1S/C10H16ClN3O/c1-3-4-8(7-15-2)12-10-6-5-9(11)13-14-10/h5-6,8H,3-4,7H2,1-2H3,(H,12,14). The number of hydrogen-bond donors (Lipinski definition) is 1. The summed E-state index contributed by atoms with van der Waals surface area (Å²) in [6, 6.07) is 3.80. The third-order valence-corrected chi connectivity index (χ3v) is 2.19. The smallest absolute Gasteiger partial charge is 0.151 e. The first-order valence-corrected chi connectivity index (χ1v) is 5.38. The highest BCUT2D eigenvalue weighted by Gasteiger charge is 2.07. The van der Waals surface area contributed by atoms with Gasteiger partial charge in [0.1, 0.15) is 5.82 Å². The van der Waals surface area contributed by atoms with Gasteiger partial charge in [-0.25, -0.2) is 0 Å². The summed E-state index contributed by atoms with van der Waals surface area (Å²) < 4.78 is 5.12. The second-order valence-electron chi connectivity index (χ2n) is 3.33. The number of nitrogens with zero attached hydrogens (tertiary/aromatic N) is 2.